The number of hydrogen-bond donors (Lipinski definition) is 2. The Balaban J connectivity index is 1.99. The molecule has 3 nitrogen and oxygen atoms in total. The highest BCUT2D eigenvalue weighted by Crippen LogP contribution is 2.17. The van der Waals surface area contributed by atoms with Crippen molar-refractivity contribution < 1.29 is 5.11 Å². The molecule has 4 heteroatoms. The highest BCUT2D eigenvalue weighted by Gasteiger charge is 1.99. The van der Waals surface area contributed by atoms with E-state index in [1.807, 2.05) is 36.4 Å². The first-order valence-corrected chi connectivity index (χ1v) is 6.06. The zero-order valence-electron chi connectivity index (χ0n) is 9.18. The van der Waals surface area contributed by atoms with Gasteiger partial charge < -0.3 is 10.4 Å². The van der Waals surface area contributed by atoms with Crippen molar-refractivity contribution >= 4 is 17.0 Å². The van der Waals surface area contributed by atoms with Gasteiger partial charge in [0.05, 0.1) is 6.61 Å². The van der Waals surface area contributed by atoms with Gasteiger partial charge in [-0.1, -0.05) is 12.1 Å². The molecule has 0 saturated heterocycles. The molecular weight excluding hydrogens is 232 g/mol. The van der Waals surface area contributed by atoms with Gasteiger partial charge in [-0.25, -0.2) is 0 Å². The van der Waals surface area contributed by atoms with Crippen molar-refractivity contribution in [2.75, 3.05) is 5.32 Å². The SMILES string of the molecule is N#Cc1ccc(CNc2cccc(CO)c2)s1. The number of anilines is 1. The number of thiophene rings is 1. The van der Waals surface area contributed by atoms with E-state index < -0.39 is 0 Å². The van der Waals surface area contributed by atoms with Crippen molar-refractivity contribution in [2.24, 2.45) is 0 Å². The smallest absolute Gasteiger partial charge is 0.110 e. The van der Waals surface area contributed by atoms with Crippen LogP contribution in [0.15, 0.2) is 36.4 Å². The van der Waals surface area contributed by atoms with Crippen LogP contribution in [0.2, 0.25) is 0 Å². The second-order valence-corrected chi connectivity index (χ2v) is 4.76. The summed E-state index contributed by atoms with van der Waals surface area (Å²) in [6.07, 6.45) is 0. The predicted molar refractivity (Wildman–Crippen MR) is 68.7 cm³/mol. The van der Waals surface area contributed by atoms with Gasteiger partial charge in [0.2, 0.25) is 0 Å². The first-order chi connectivity index (χ1) is 8.31. The number of nitrogens with zero attached hydrogens (tertiary/aromatic N) is 1. The number of nitriles is 1. The minimum absolute atomic E-state index is 0.0487. The molecule has 0 aliphatic rings. The van der Waals surface area contributed by atoms with Crippen molar-refractivity contribution in [3.8, 4) is 6.07 Å². The molecule has 0 amide bonds. The Morgan fingerprint density at radius 1 is 1.29 bits per heavy atom. The zero-order valence-corrected chi connectivity index (χ0v) is 10.00. The molecule has 1 heterocycles. The van der Waals surface area contributed by atoms with Crippen LogP contribution in [0, 0.1) is 11.3 Å². The lowest BCUT2D eigenvalue weighted by molar-refractivity contribution is 0.282. The van der Waals surface area contributed by atoms with E-state index >= 15 is 0 Å². The normalized spacial score (nSPS) is 9.88. The van der Waals surface area contributed by atoms with Crippen molar-refractivity contribution in [1.82, 2.24) is 0 Å². The summed E-state index contributed by atoms with van der Waals surface area (Å²) in [7, 11) is 0. The monoisotopic (exact) mass is 244 g/mol. The van der Waals surface area contributed by atoms with Gasteiger partial charge in [-0.15, -0.1) is 11.3 Å². The predicted octanol–water partition coefficient (Wildman–Crippen LogP) is 2.72. The van der Waals surface area contributed by atoms with Crippen LogP contribution in [0.25, 0.3) is 0 Å². The quantitative estimate of drug-likeness (QED) is 0.869. The van der Waals surface area contributed by atoms with Gasteiger partial charge in [-0.3, -0.25) is 0 Å². The van der Waals surface area contributed by atoms with E-state index in [2.05, 4.69) is 11.4 Å². The van der Waals surface area contributed by atoms with Gasteiger partial charge in [-0.05, 0) is 29.8 Å². The van der Waals surface area contributed by atoms with E-state index in [0.29, 0.717) is 6.54 Å². The molecule has 1 aromatic heterocycles. The molecule has 0 radical (unpaired) electrons. The van der Waals surface area contributed by atoms with Crippen molar-refractivity contribution in [3.05, 3.63) is 51.7 Å². The Labute approximate surface area is 104 Å². The van der Waals surface area contributed by atoms with Gasteiger partial charge in [0.25, 0.3) is 0 Å². The third-order valence-electron chi connectivity index (χ3n) is 2.35. The Kier molecular flexibility index (Phi) is 3.76. The summed E-state index contributed by atoms with van der Waals surface area (Å²) < 4.78 is 0. The fraction of sp³-hybridized carbons (Fsp3) is 0.154. The van der Waals surface area contributed by atoms with Crippen molar-refractivity contribution in [2.45, 2.75) is 13.2 Å². The average molecular weight is 244 g/mol. The number of hydrogen-bond acceptors (Lipinski definition) is 4. The van der Waals surface area contributed by atoms with Crippen molar-refractivity contribution in [1.29, 1.82) is 5.26 Å². The molecule has 0 aliphatic heterocycles. The molecule has 0 atom stereocenters. The van der Waals surface area contributed by atoms with Gasteiger partial charge in [-0.2, -0.15) is 5.26 Å². The molecule has 0 saturated carbocycles. The van der Waals surface area contributed by atoms with E-state index in [9.17, 15) is 0 Å². The largest absolute Gasteiger partial charge is 0.392 e. The van der Waals surface area contributed by atoms with Crippen molar-refractivity contribution in [3.63, 3.8) is 0 Å². The van der Waals surface area contributed by atoms with Crippen LogP contribution in [0.3, 0.4) is 0 Å². The summed E-state index contributed by atoms with van der Waals surface area (Å²) in [5.41, 5.74) is 1.86. The Morgan fingerprint density at radius 3 is 2.88 bits per heavy atom. The minimum atomic E-state index is 0.0487. The molecule has 17 heavy (non-hydrogen) atoms. The molecule has 0 spiro atoms. The summed E-state index contributed by atoms with van der Waals surface area (Å²) in [5.74, 6) is 0. The minimum Gasteiger partial charge on any atom is -0.392 e. The fourth-order valence-corrected chi connectivity index (χ4v) is 2.25. The van der Waals surface area contributed by atoms with E-state index in [1.54, 1.807) is 0 Å². The number of aliphatic hydroxyl groups excluding tert-OH is 1. The van der Waals surface area contributed by atoms with Crippen LogP contribution >= 0.6 is 11.3 Å². The lowest BCUT2D eigenvalue weighted by Gasteiger charge is -2.05. The third-order valence-corrected chi connectivity index (χ3v) is 3.34. The molecular formula is C13H12N2OS. The van der Waals surface area contributed by atoms with E-state index in [-0.39, 0.29) is 6.61 Å². The van der Waals surface area contributed by atoms with Gasteiger partial charge in [0.15, 0.2) is 0 Å². The summed E-state index contributed by atoms with van der Waals surface area (Å²) >= 11 is 1.49. The van der Waals surface area contributed by atoms with Gasteiger partial charge in [0, 0.05) is 17.1 Å². The van der Waals surface area contributed by atoms with Crippen LogP contribution in [0.5, 0.6) is 0 Å². The highest BCUT2D eigenvalue weighted by molar-refractivity contribution is 7.12. The number of benzene rings is 1. The van der Waals surface area contributed by atoms with Gasteiger partial charge >= 0.3 is 0 Å². The Hall–Kier alpha value is -1.83. The molecule has 86 valence electrons. The topological polar surface area (TPSA) is 56.0 Å². The second-order valence-electron chi connectivity index (χ2n) is 3.59. The molecule has 0 bridgehead atoms. The molecule has 0 aliphatic carbocycles. The molecule has 2 rings (SSSR count). The highest BCUT2D eigenvalue weighted by atomic mass is 32.1. The van der Waals surface area contributed by atoms with Crippen LogP contribution in [-0.2, 0) is 13.2 Å². The summed E-state index contributed by atoms with van der Waals surface area (Å²) in [6, 6.07) is 13.6. The second kappa shape index (κ2) is 5.48. The standard InChI is InChI=1S/C13H12N2OS/c14-7-12-4-5-13(17-12)8-15-11-3-1-2-10(6-11)9-16/h1-6,15-16H,8-9H2. The van der Waals surface area contributed by atoms with Crippen LogP contribution in [-0.4, -0.2) is 5.11 Å². The molecule has 2 aromatic rings. The summed E-state index contributed by atoms with van der Waals surface area (Å²) in [4.78, 5) is 1.85. The molecule has 1 aromatic carbocycles. The van der Waals surface area contributed by atoms with E-state index in [4.69, 9.17) is 10.4 Å². The number of nitrogens with one attached hydrogen (secondary N) is 1. The maximum absolute atomic E-state index is 9.02. The van der Waals surface area contributed by atoms with Crippen LogP contribution in [0.4, 0.5) is 5.69 Å². The summed E-state index contributed by atoms with van der Waals surface area (Å²) in [6.45, 7) is 0.744. The molecule has 0 unspecified atom stereocenters. The first-order valence-electron chi connectivity index (χ1n) is 5.24. The molecule has 0 fully saturated rings. The Morgan fingerprint density at radius 2 is 2.18 bits per heavy atom. The van der Waals surface area contributed by atoms with Gasteiger partial charge in [0.1, 0.15) is 10.9 Å². The maximum Gasteiger partial charge on any atom is 0.110 e. The summed E-state index contributed by atoms with van der Waals surface area (Å²) in [5, 5.41) is 21.0. The average Bonchev–Trinajstić information content (AvgIpc) is 2.84. The fourth-order valence-electron chi connectivity index (χ4n) is 1.50. The lowest BCUT2D eigenvalue weighted by atomic mass is 10.2. The van der Waals surface area contributed by atoms with E-state index in [1.165, 1.54) is 11.3 Å². The number of aliphatic hydroxyl groups is 1. The number of rotatable bonds is 4. The van der Waals surface area contributed by atoms with Crippen LogP contribution < -0.4 is 5.32 Å². The van der Waals surface area contributed by atoms with E-state index in [0.717, 1.165) is 21.0 Å². The van der Waals surface area contributed by atoms with Crippen LogP contribution in [0.1, 0.15) is 15.3 Å². The zero-order chi connectivity index (χ0) is 12.1. The Bertz CT molecular complexity index is 542. The first kappa shape index (κ1) is 11.6. The third kappa shape index (κ3) is 3.06. The lowest BCUT2D eigenvalue weighted by Crippen LogP contribution is -1.97. The molecule has 2 N–H and O–H groups in total. The maximum atomic E-state index is 9.02.